The third kappa shape index (κ3) is 27.9. The molecule has 2 aliphatic rings. The number of ether oxygens (including phenoxy) is 6. The van der Waals surface area contributed by atoms with Crippen LogP contribution in [-0.2, 0) is 38.0 Å². The van der Waals surface area contributed by atoms with Gasteiger partial charge in [0.15, 0.2) is 18.7 Å². The number of rotatable bonds is 41. The molecule has 0 bridgehead atoms. The summed E-state index contributed by atoms with van der Waals surface area (Å²) in [4.78, 5) is 25.8. The zero-order chi connectivity index (χ0) is 49.6. The molecule has 2 heterocycles. The average molecular weight is 971 g/mol. The van der Waals surface area contributed by atoms with Crippen LogP contribution in [0.3, 0.4) is 0 Å². The van der Waals surface area contributed by atoms with Crippen molar-refractivity contribution in [2.45, 2.75) is 261 Å². The Bertz CT molecular complexity index is 1330. The molecular formula is C53H94O15. The molecule has 0 aromatic heterocycles. The summed E-state index contributed by atoms with van der Waals surface area (Å²) in [5, 5.41) is 72.1. The van der Waals surface area contributed by atoms with Crippen molar-refractivity contribution < 1.29 is 73.8 Å². The molecule has 2 fully saturated rings. The number of aliphatic hydroxyl groups is 7. The highest BCUT2D eigenvalue weighted by Crippen LogP contribution is 2.26. The lowest BCUT2D eigenvalue weighted by atomic mass is 9.98. The van der Waals surface area contributed by atoms with E-state index in [0.29, 0.717) is 12.8 Å². The Hall–Kier alpha value is -2.28. The monoisotopic (exact) mass is 971 g/mol. The third-order valence-corrected chi connectivity index (χ3v) is 12.6. The van der Waals surface area contributed by atoms with E-state index in [0.717, 1.165) is 70.6 Å². The van der Waals surface area contributed by atoms with E-state index in [2.05, 4.69) is 50.3 Å². The summed E-state index contributed by atoms with van der Waals surface area (Å²) in [6, 6.07) is 0. The maximum Gasteiger partial charge on any atom is 0.306 e. The van der Waals surface area contributed by atoms with Gasteiger partial charge in [0.05, 0.1) is 19.8 Å². The largest absolute Gasteiger partial charge is 0.462 e. The van der Waals surface area contributed by atoms with Gasteiger partial charge in [-0.15, -0.1) is 0 Å². The fourth-order valence-corrected chi connectivity index (χ4v) is 8.18. The number of esters is 2. The van der Waals surface area contributed by atoms with Crippen LogP contribution in [0.4, 0.5) is 0 Å². The number of hydrogen-bond acceptors (Lipinski definition) is 15. The summed E-state index contributed by atoms with van der Waals surface area (Å²) in [7, 11) is 0. The summed E-state index contributed by atoms with van der Waals surface area (Å²) in [6.45, 7) is 2.54. The van der Waals surface area contributed by atoms with Crippen LogP contribution in [0.1, 0.15) is 194 Å². The van der Waals surface area contributed by atoms with E-state index in [1.165, 1.54) is 83.5 Å². The molecule has 0 radical (unpaired) electrons. The van der Waals surface area contributed by atoms with E-state index < -0.39 is 92.7 Å². The van der Waals surface area contributed by atoms with Gasteiger partial charge in [0.2, 0.25) is 0 Å². The number of carbonyl (C=O) groups is 2. The van der Waals surface area contributed by atoms with Gasteiger partial charge in [0.25, 0.3) is 0 Å². The van der Waals surface area contributed by atoms with Crippen LogP contribution in [0.2, 0.25) is 0 Å². The normalized spacial score (nSPS) is 26.0. The molecule has 11 atom stereocenters. The quantitative estimate of drug-likeness (QED) is 0.0177. The SMILES string of the molecule is CCCCC/C=C/C/C=C/CCCCCCCCCCCC(=O)OC[C@@H](CO[C@@H]1O[C@H](CO[C@@H]2O[C@H](CO)[C@H](O)C(O)C2O)[C@H](O)C(O)C1O)OC(=O)CCCCCCC/C=C/CCCCCC. The Morgan fingerprint density at radius 1 is 0.471 bits per heavy atom. The first-order valence-corrected chi connectivity index (χ1v) is 26.6. The molecule has 0 saturated carbocycles. The van der Waals surface area contributed by atoms with Gasteiger partial charge < -0.3 is 64.2 Å². The van der Waals surface area contributed by atoms with Crippen LogP contribution in [0.15, 0.2) is 36.5 Å². The first-order chi connectivity index (χ1) is 33.0. The summed E-state index contributed by atoms with van der Waals surface area (Å²) in [5.41, 5.74) is 0. The molecule has 0 aromatic carbocycles. The van der Waals surface area contributed by atoms with Crippen molar-refractivity contribution in [1.82, 2.24) is 0 Å². The van der Waals surface area contributed by atoms with E-state index in [9.17, 15) is 45.3 Å². The molecule has 0 amide bonds. The number of aliphatic hydroxyl groups excluding tert-OH is 7. The van der Waals surface area contributed by atoms with Crippen LogP contribution in [-0.4, -0.2) is 142 Å². The topological polar surface area (TPSA) is 231 Å². The lowest BCUT2D eigenvalue weighted by Crippen LogP contribution is -2.61. The van der Waals surface area contributed by atoms with Crippen molar-refractivity contribution in [3.63, 3.8) is 0 Å². The Morgan fingerprint density at radius 3 is 1.41 bits per heavy atom. The molecule has 15 nitrogen and oxygen atoms in total. The van der Waals surface area contributed by atoms with Gasteiger partial charge in [-0.25, -0.2) is 0 Å². The van der Waals surface area contributed by atoms with Gasteiger partial charge >= 0.3 is 11.9 Å². The Labute approximate surface area is 408 Å². The molecule has 0 aliphatic carbocycles. The van der Waals surface area contributed by atoms with Crippen molar-refractivity contribution in [1.29, 1.82) is 0 Å². The van der Waals surface area contributed by atoms with Gasteiger partial charge in [-0.2, -0.15) is 0 Å². The van der Waals surface area contributed by atoms with Crippen LogP contribution < -0.4 is 0 Å². The summed E-state index contributed by atoms with van der Waals surface area (Å²) in [5.74, 6) is -0.937. The van der Waals surface area contributed by atoms with Gasteiger partial charge in [-0.1, -0.05) is 147 Å². The molecule has 4 unspecified atom stereocenters. The molecule has 2 aliphatic heterocycles. The Kier molecular flexibility index (Phi) is 36.7. The van der Waals surface area contributed by atoms with Crippen LogP contribution in [0, 0.1) is 0 Å². The zero-order valence-corrected chi connectivity index (χ0v) is 41.8. The van der Waals surface area contributed by atoms with Gasteiger partial charge in [-0.05, 0) is 70.6 Å². The maximum atomic E-state index is 13.0. The predicted octanol–water partition coefficient (Wildman–Crippen LogP) is 7.71. The molecule has 0 spiro atoms. The molecule has 15 heteroatoms. The number of allylic oxidation sites excluding steroid dienone is 6. The Morgan fingerprint density at radius 2 is 0.882 bits per heavy atom. The van der Waals surface area contributed by atoms with Crippen molar-refractivity contribution >= 4 is 11.9 Å². The van der Waals surface area contributed by atoms with Gasteiger partial charge in [0.1, 0.15) is 55.4 Å². The maximum absolute atomic E-state index is 13.0. The van der Waals surface area contributed by atoms with E-state index in [4.69, 9.17) is 28.4 Å². The predicted molar refractivity (Wildman–Crippen MR) is 261 cm³/mol. The standard InChI is InChI=1S/C53H94O15/c1-3-5-7-9-11-13-15-17-18-19-20-21-22-24-25-27-29-31-33-35-44(55)63-38-41(66-45(56)36-34-32-30-28-26-23-16-14-12-10-8-6-4-2)39-64-52-51(62)49(60)47(58)43(68-52)40-65-53-50(61)48(59)46(57)42(37-54)67-53/h11,13-14,16-18,41-43,46-54,57-62H,3-10,12,15,19-40H2,1-2H3/b13-11+,16-14+,18-17+/t41-,42+,43+,46-,47-,48?,49?,50?,51?,52+,53+/m0/s1. The van der Waals surface area contributed by atoms with E-state index >= 15 is 0 Å². The van der Waals surface area contributed by atoms with Gasteiger partial charge in [-0.3, -0.25) is 9.59 Å². The average Bonchev–Trinajstić information content (AvgIpc) is 3.33. The number of carbonyl (C=O) groups excluding carboxylic acids is 2. The number of unbranched alkanes of at least 4 members (excludes halogenated alkanes) is 21. The molecule has 396 valence electrons. The molecule has 0 aromatic rings. The lowest BCUT2D eigenvalue weighted by molar-refractivity contribution is -0.332. The molecular weight excluding hydrogens is 877 g/mol. The van der Waals surface area contributed by atoms with Crippen LogP contribution in [0.25, 0.3) is 0 Å². The molecule has 68 heavy (non-hydrogen) atoms. The summed E-state index contributed by atoms with van der Waals surface area (Å²) >= 11 is 0. The second-order valence-electron chi connectivity index (χ2n) is 18.7. The zero-order valence-electron chi connectivity index (χ0n) is 41.8. The highest BCUT2D eigenvalue weighted by Gasteiger charge is 2.47. The van der Waals surface area contributed by atoms with Crippen molar-refractivity contribution in [2.75, 3.05) is 26.4 Å². The smallest absolute Gasteiger partial charge is 0.306 e. The molecule has 7 N–H and O–H groups in total. The number of hydrogen-bond donors (Lipinski definition) is 7. The lowest BCUT2D eigenvalue weighted by Gasteiger charge is -2.42. The second-order valence-corrected chi connectivity index (χ2v) is 18.7. The van der Waals surface area contributed by atoms with Crippen molar-refractivity contribution in [3.8, 4) is 0 Å². The minimum absolute atomic E-state index is 0.154. The molecule has 2 saturated heterocycles. The first kappa shape index (κ1) is 61.8. The third-order valence-electron chi connectivity index (χ3n) is 12.6. The van der Waals surface area contributed by atoms with E-state index in [-0.39, 0.29) is 26.1 Å². The summed E-state index contributed by atoms with van der Waals surface area (Å²) in [6.07, 6.45) is 26.0. The van der Waals surface area contributed by atoms with Crippen molar-refractivity contribution in [3.05, 3.63) is 36.5 Å². The first-order valence-electron chi connectivity index (χ1n) is 26.6. The minimum Gasteiger partial charge on any atom is -0.462 e. The van der Waals surface area contributed by atoms with Crippen LogP contribution in [0.5, 0.6) is 0 Å². The highest BCUT2D eigenvalue weighted by atomic mass is 16.7. The minimum atomic E-state index is -1.77. The van der Waals surface area contributed by atoms with E-state index in [1.54, 1.807) is 0 Å². The van der Waals surface area contributed by atoms with Gasteiger partial charge in [0, 0.05) is 12.8 Å². The Balaban J connectivity index is 1.78. The van der Waals surface area contributed by atoms with Crippen molar-refractivity contribution in [2.24, 2.45) is 0 Å². The highest BCUT2D eigenvalue weighted by molar-refractivity contribution is 5.70. The summed E-state index contributed by atoms with van der Waals surface area (Å²) < 4.78 is 33.6. The molecule has 2 rings (SSSR count). The van der Waals surface area contributed by atoms with E-state index in [1.807, 2.05) is 0 Å². The second kappa shape index (κ2) is 40.3. The fraction of sp³-hybridized carbons (Fsp3) is 0.849. The fourth-order valence-electron chi connectivity index (χ4n) is 8.18. The van der Waals surface area contributed by atoms with Crippen LogP contribution >= 0.6 is 0 Å².